The highest BCUT2D eigenvalue weighted by Gasteiger charge is 2.32. The van der Waals surface area contributed by atoms with E-state index in [-0.39, 0.29) is 30.5 Å². The fourth-order valence-corrected chi connectivity index (χ4v) is 4.83. The zero-order valence-corrected chi connectivity index (χ0v) is 22.4. The van der Waals surface area contributed by atoms with Gasteiger partial charge in [-0.2, -0.15) is 0 Å². The number of carbonyl (C=O) groups excluding carboxylic acids is 2. The number of aromatic nitrogens is 1. The van der Waals surface area contributed by atoms with Crippen molar-refractivity contribution in [2.45, 2.75) is 46.5 Å². The van der Waals surface area contributed by atoms with Crippen LogP contribution >= 0.6 is 0 Å². The van der Waals surface area contributed by atoms with E-state index >= 15 is 0 Å². The van der Waals surface area contributed by atoms with E-state index in [2.05, 4.69) is 4.98 Å². The van der Waals surface area contributed by atoms with E-state index < -0.39 is 0 Å². The highest BCUT2D eigenvalue weighted by molar-refractivity contribution is 5.73. The first-order valence-corrected chi connectivity index (χ1v) is 13.4. The Balaban J connectivity index is 1.24. The van der Waals surface area contributed by atoms with Crippen LogP contribution < -0.4 is 4.74 Å². The van der Waals surface area contributed by atoms with Crippen LogP contribution in [-0.2, 0) is 20.7 Å². The number of oxazole rings is 1. The Morgan fingerprint density at radius 1 is 1.00 bits per heavy atom. The lowest BCUT2D eigenvalue weighted by Gasteiger charge is -2.34. The van der Waals surface area contributed by atoms with Gasteiger partial charge in [-0.25, -0.2) is 9.78 Å². The maximum atomic E-state index is 12.6. The van der Waals surface area contributed by atoms with Crippen LogP contribution in [-0.4, -0.2) is 48.2 Å². The zero-order valence-electron chi connectivity index (χ0n) is 22.4. The lowest BCUT2D eigenvalue weighted by atomic mass is 9.83. The molecule has 202 valence electrons. The molecule has 1 aliphatic rings. The Kier molecular flexibility index (Phi) is 9.40. The van der Waals surface area contributed by atoms with Crippen LogP contribution in [0.4, 0.5) is 4.79 Å². The molecule has 1 amide bonds. The van der Waals surface area contributed by atoms with E-state index in [9.17, 15) is 9.59 Å². The van der Waals surface area contributed by atoms with Gasteiger partial charge in [-0.05, 0) is 75.4 Å². The van der Waals surface area contributed by atoms with Crippen molar-refractivity contribution in [3.8, 4) is 23.0 Å². The minimum absolute atomic E-state index is 0.106. The highest BCUT2D eigenvalue weighted by Crippen LogP contribution is 2.29. The quantitative estimate of drug-likeness (QED) is 0.285. The van der Waals surface area contributed by atoms with Crippen LogP contribution in [0.25, 0.3) is 11.5 Å². The van der Waals surface area contributed by atoms with Crippen LogP contribution in [0.1, 0.15) is 44.6 Å². The van der Waals surface area contributed by atoms with E-state index in [1.165, 1.54) is 0 Å². The third-order valence-corrected chi connectivity index (χ3v) is 6.93. The fourth-order valence-electron chi connectivity index (χ4n) is 4.83. The van der Waals surface area contributed by atoms with Crippen molar-refractivity contribution in [1.29, 1.82) is 0 Å². The Morgan fingerprint density at radius 3 is 2.34 bits per heavy atom. The summed E-state index contributed by atoms with van der Waals surface area (Å²) >= 11 is 0. The smallest absolute Gasteiger partial charge is 0.409 e. The van der Waals surface area contributed by atoms with E-state index in [4.69, 9.17) is 18.6 Å². The van der Waals surface area contributed by atoms with Crippen LogP contribution in [0, 0.1) is 18.8 Å². The molecule has 0 N–H and O–H groups in total. The largest absolute Gasteiger partial charge is 0.466 e. The van der Waals surface area contributed by atoms with Crippen molar-refractivity contribution in [1.82, 2.24) is 9.88 Å². The van der Waals surface area contributed by atoms with Crippen molar-refractivity contribution in [3.63, 3.8) is 0 Å². The van der Waals surface area contributed by atoms with Crippen LogP contribution in [0.3, 0.4) is 0 Å². The average molecular weight is 521 g/mol. The van der Waals surface area contributed by atoms with Crippen molar-refractivity contribution >= 4 is 12.1 Å². The molecule has 2 heterocycles. The van der Waals surface area contributed by atoms with Crippen molar-refractivity contribution in [3.05, 3.63) is 66.1 Å². The number of hydrogen-bond acceptors (Lipinski definition) is 7. The van der Waals surface area contributed by atoms with E-state index in [1.807, 2.05) is 75.4 Å². The summed E-state index contributed by atoms with van der Waals surface area (Å²) in [6, 6.07) is 17.2. The number of likely N-dealkylation sites (tertiary alicyclic amines) is 1. The summed E-state index contributed by atoms with van der Waals surface area (Å²) in [6.07, 6.45) is 2.43. The lowest BCUT2D eigenvalue weighted by molar-refractivity contribution is -0.150. The van der Waals surface area contributed by atoms with Gasteiger partial charge in [-0.15, -0.1) is 0 Å². The molecule has 0 aliphatic carbocycles. The average Bonchev–Trinajstić information content (AvgIpc) is 3.30. The monoisotopic (exact) mass is 520 g/mol. The van der Waals surface area contributed by atoms with Gasteiger partial charge in [0.15, 0.2) is 0 Å². The molecule has 1 saturated heterocycles. The van der Waals surface area contributed by atoms with Gasteiger partial charge in [-0.3, -0.25) is 4.79 Å². The molecule has 8 heteroatoms. The van der Waals surface area contributed by atoms with Gasteiger partial charge in [0.05, 0.1) is 24.8 Å². The van der Waals surface area contributed by atoms with Crippen molar-refractivity contribution in [2.24, 2.45) is 11.8 Å². The Hall–Kier alpha value is -3.81. The summed E-state index contributed by atoms with van der Waals surface area (Å²) in [4.78, 5) is 31.2. The summed E-state index contributed by atoms with van der Waals surface area (Å²) in [6.45, 7) is 7.46. The second-order valence-corrected chi connectivity index (χ2v) is 9.42. The van der Waals surface area contributed by atoms with E-state index in [0.29, 0.717) is 37.8 Å². The molecule has 0 spiro atoms. The second-order valence-electron chi connectivity index (χ2n) is 9.42. The van der Waals surface area contributed by atoms with Crippen LogP contribution in [0.5, 0.6) is 11.5 Å². The number of nitrogens with zero attached hydrogens (tertiary/aromatic N) is 2. The number of benzene rings is 2. The Labute approximate surface area is 223 Å². The first-order chi connectivity index (χ1) is 18.5. The number of hydrogen-bond donors (Lipinski definition) is 0. The van der Waals surface area contributed by atoms with Crippen molar-refractivity contribution < 1.29 is 28.2 Å². The highest BCUT2D eigenvalue weighted by atomic mass is 16.6. The normalized spacial score (nSPS) is 14.7. The number of esters is 1. The maximum Gasteiger partial charge on any atom is 0.409 e. The van der Waals surface area contributed by atoms with Gasteiger partial charge in [0.25, 0.3) is 0 Å². The number of ether oxygens (including phenoxy) is 3. The van der Waals surface area contributed by atoms with E-state index in [0.717, 1.165) is 42.0 Å². The van der Waals surface area contributed by atoms with Gasteiger partial charge < -0.3 is 23.5 Å². The standard InChI is InChI=1S/C30H36N2O6/c1-4-26(29(33)35-5-2)22-15-18-32(19-16-22)30(34)36-20-17-27-21(3)37-28(31-27)23-11-13-25(14-12-23)38-24-9-7-6-8-10-24/h6-14,22,26H,4-5,15-20H2,1-3H3. The molecule has 4 rings (SSSR count). The molecule has 8 nitrogen and oxygen atoms in total. The lowest BCUT2D eigenvalue weighted by Crippen LogP contribution is -2.42. The SMILES string of the molecule is CCOC(=O)C(CC)C1CCN(C(=O)OCCc2nc(-c3ccc(Oc4ccccc4)cc3)oc2C)CC1. The number of para-hydroxylation sites is 1. The first kappa shape index (κ1) is 27.2. The van der Waals surface area contributed by atoms with Crippen LogP contribution in [0.15, 0.2) is 59.0 Å². The molecular weight excluding hydrogens is 484 g/mol. The number of amides is 1. The first-order valence-electron chi connectivity index (χ1n) is 13.4. The molecule has 0 bridgehead atoms. The van der Waals surface area contributed by atoms with Crippen molar-refractivity contribution in [2.75, 3.05) is 26.3 Å². The molecule has 1 aromatic heterocycles. The van der Waals surface area contributed by atoms with Gasteiger partial charge in [-0.1, -0.05) is 25.1 Å². The second kappa shape index (κ2) is 13.1. The molecule has 38 heavy (non-hydrogen) atoms. The molecule has 1 aliphatic heterocycles. The third kappa shape index (κ3) is 6.94. The third-order valence-electron chi connectivity index (χ3n) is 6.93. The van der Waals surface area contributed by atoms with Gasteiger partial charge in [0.1, 0.15) is 17.3 Å². The van der Waals surface area contributed by atoms with Crippen LogP contribution in [0.2, 0.25) is 0 Å². The molecule has 1 fully saturated rings. The summed E-state index contributed by atoms with van der Waals surface area (Å²) in [5, 5.41) is 0. The van der Waals surface area contributed by atoms with E-state index in [1.54, 1.807) is 4.90 Å². The summed E-state index contributed by atoms with van der Waals surface area (Å²) < 4.78 is 22.5. The topological polar surface area (TPSA) is 91.1 Å². The molecule has 1 unspecified atom stereocenters. The number of aryl methyl sites for hydroxylation is 1. The molecule has 3 aromatic rings. The maximum absolute atomic E-state index is 12.6. The number of piperidine rings is 1. The zero-order chi connectivity index (χ0) is 26.9. The number of carbonyl (C=O) groups is 2. The summed E-state index contributed by atoms with van der Waals surface area (Å²) in [5.74, 6) is 2.72. The number of rotatable bonds is 10. The Bertz CT molecular complexity index is 1180. The summed E-state index contributed by atoms with van der Waals surface area (Å²) in [5.41, 5.74) is 1.60. The molecule has 1 atom stereocenters. The predicted octanol–water partition coefficient (Wildman–Crippen LogP) is 6.42. The minimum atomic E-state index is -0.331. The van der Waals surface area contributed by atoms with Gasteiger partial charge in [0.2, 0.25) is 5.89 Å². The minimum Gasteiger partial charge on any atom is -0.466 e. The molecular formula is C30H36N2O6. The molecule has 0 radical (unpaired) electrons. The predicted molar refractivity (Wildman–Crippen MR) is 143 cm³/mol. The summed E-state index contributed by atoms with van der Waals surface area (Å²) in [7, 11) is 0. The van der Waals surface area contributed by atoms with Gasteiger partial charge in [0, 0.05) is 25.1 Å². The fraction of sp³-hybridized carbons (Fsp3) is 0.433. The Morgan fingerprint density at radius 2 is 1.68 bits per heavy atom. The molecule has 2 aromatic carbocycles. The molecule has 0 saturated carbocycles. The van der Waals surface area contributed by atoms with Gasteiger partial charge >= 0.3 is 12.1 Å².